The average molecular weight is 439 g/mol. The lowest BCUT2D eigenvalue weighted by Crippen LogP contribution is -2.42. The van der Waals surface area contributed by atoms with Crippen LogP contribution < -0.4 is 5.32 Å². The van der Waals surface area contributed by atoms with Crippen LogP contribution in [0.2, 0.25) is 4.34 Å². The number of rotatable bonds is 5. The van der Waals surface area contributed by atoms with E-state index in [0.29, 0.717) is 17.2 Å². The van der Waals surface area contributed by atoms with Gasteiger partial charge in [-0.2, -0.15) is 4.31 Å². The van der Waals surface area contributed by atoms with Crippen molar-refractivity contribution in [2.75, 3.05) is 11.9 Å². The van der Waals surface area contributed by atoms with Crippen LogP contribution in [0.1, 0.15) is 12.8 Å². The molecule has 1 aliphatic heterocycles. The Morgan fingerprint density at radius 1 is 1.21 bits per heavy atom. The van der Waals surface area contributed by atoms with Gasteiger partial charge in [-0.05, 0) is 37.1 Å². The first-order valence-corrected chi connectivity index (χ1v) is 11.1. The lowest BCUT2D eigenvalue weighted by molar-refractivity contribution is -0.119. The van der Waals surface area contributed by atoms with Gasteiger partial charge in [0.05, 0.1) is 4.34 Å². The number of hydrogen-bond donors (Lipinski definition) is 1. The minimum Gasteiger partial charge on any atom is -0.403 e. The van der Waals surface area contributed by atoms with Crippen LogP contribution in [0.3, 0.4) is 0 Å². The monoisotopic (exact) mass is 438 g/mol. The van der Waals surface area contributed by atoms with Gasteiger partial charge in [0, 0.05) is 12.1 Å². The zero-order valence-electron chi connectivity index (χ0n) is 14.4. The quantitative estimate of drug-likeness (QED) is 0.655. The van der Waals surface area contributed by atoms with Gasteiger partial charge < -0.3 is 4.42 Å². The van der Waals surface area contributed by atoms with Crippen LogP contribution in [0, 0.1) is 0 Å². The lowest BCUT2D eigenvalue weighted by Gasteiger charge is -2.21. The number of aromatic nitrogens is 2. The van der Waals surface area contributed by atoms with E-state index >= 15 is 0 Å². The molecule has 1 atom stereocenters. The molecule has 8 nitrogen and oxygen atoms in total. The Balaban J connectivity index is 1.51. The molecule has 0 aliphatic carbocycles. The molecule has 0 spiro atoms. The van der Waals surface area contributed by atoms with Gasteiger partial charge in [-0.15, -0.1) is 16.4 Å². The number of halogens is 1. The lowest BCUT2D eigenvalue weighted by atomic mass is 10.2. The molecule has 146 valence electrons. The van der Waals surface area contributed by atoms with Crippen LogP contribution in [-0.2, 0) is 14.8 Å². The summed E-state index contributed by atoms with van der Waals surface area (Å²) in [6.07, 6.45) is 0.985. The van der Waals surface area contributed by atoms with Crippen LogP contribution in [0.25, 0.3) is 11.5 Å². The van der Waals surface area contributed by atoms with Crippen molar-refractivity contribution in [3.63, 3.8) is 0 Å². The minimum absolute atomic E-state index is 0.0766. The molecule has 0 saturated carbocycles. The van der Waals surface area contributed by atoms with Gasteiger partial charge in [-0.25, -0.2) is 8.42 Å². The van der Waals surface area contributed by atoms with Gasteiger partial charge in [0.1, 0.15) is 10.3 Å². The predicted molar refractivity (Wildman–Crippen MR) is 105 cm³/mol. The van der Waals surface area contributed by atoms with Gasteiger partial charge in [0.25, 0.3) is 10.0 Å². The number of anilines is 1. The summed E-state index contributed by atoms with van der Waals surface area (Å²) >= 11 is 6.82. The molecule has 1 N–H and O–H groups in total. The van der Waals surface area contributed by atoms with Crippen molar-refractivity contribution in [3.8, 4) is 11.5 Å². The number of sulfonamides is 1. The standard InChI is InChI=1S/C17H15ClN4O4S2/c18-13-8-9-14(27-13)28(24,25)22-10-4-7-12(22)15(23)19-17-21-20-16(26-17)11-5-2-1-3-6-11/h1-3,5-6,8-9,12H,4,7,10H2,(H,19,21,23). The Hall–Kier alpha value is -2.27. The third kappa shape index (κ3) is 3.68. The molecule has 1 aromatic carbocycles. The molecule has 1 fully saturated rings. The summed E-state index contributed by atoms with van der Waals surface area (Å²) in [5.74, 6) is -0.244. The summed E-state index contributed by atoms with van der Waals surface area (Å²) in [5.41, 5.74) is 0.718. The summed E-state index contributed by atoms with van der Waals surface area (Å²) in [6.45, 7) is 0.259. The Morgan fingerprint density at radius 3 is 2.71 bits per heavy atom. The maximum absolute atomic E-state index is 12.9. The molecule has 28 heavy (non-hydrogen) atoms. The first kappa shape index (κ1) is 19.1. The van der Waals surface area contributed by atoms with Crippen LogP contribution >= 0.6 is 22.9 Å². The van der Waals surface area contributed by atoms with Gasteiger partial charge >= 0.3 is 6.01 Å². The number of carbonyl (C=O) groups is 1. The van der Waals surface area contributed by atoms with Gasteiger partial charge in [-0.3, -0.25) is 10.1 Å². The van der Waals surface area contributed by atoms with Crippen LogP contribution in [0.5, 0.6) is 0 Å². The van der Waals surface area contributed by atoms with Crippen LogP contribution in [-0.4, -0.2) is 41.4 Å². The predicted octanol–water partition coefficient (Wildman–Crippen LogP) is 3.24. The minimum atomic E-state index is -3.80. The average Bonchev–Trinajstić information content (AvgIpc) is 3.43. The number of carbonyl (C=O) groups excluding carboxylic acids is 1. The zero-order valence-corrected chi connectivity index (χ0v) is 16.8. The highest BCUT2D eigenvalue weighted by Gasteiger charge is 2.40. The van der Waals surface area contributed by atoms with E-state index in [1.807, 2.05) is 18.2 Å². The normalized spacial score (nSPS) is 17.7. The summed E-state index contributed by atoms with van der Waals surface area (Å²) in [5, 5.41) is 10.3. The topological polar surface area (TPSA) is 105 Å². The summed E-state index contributed by atoms with van der Waals surface area (Å²) in [4.78, 5) is 12.7. The van der Waals surface area contributed by atoms with E-state index in [1.165, 1.54) is 16.4 Å². The van der Waals surface area contributed by atoms with E-state index in [9.17, 15) is 13.2 Å². The smallest absolute Gasteiger partial charge is 0.322 e. The maximum atomic E-state index is 12.9. The van der Waals surface area contributed by atoms with E-state index < -0.39 is 22.0 Å². The highest BCUT2D eigenvalue weighted by molar-refractivity contribution is 7.91. The van der Waals surface area contributed by atoms with Gasteiger partial charge in [0.15, 0.2) is 0 Å². The van der Waals surface area contributed by atoms with E-state index in [4.69, 9.17) is 16.0 Å². The summed E-state index contributed by atoms with van der Waals surface area (Å²) in [7, 11) is -3.80. The first-order chi connectivity index (χ1) is 13.4. The molecular formula is C17H15ClN4O4S2. The fourth-order valence-electron chi connectivity index (χ4n) is 3.00. The Labute approximate surface area is 170 Å². The van der Waals surface area contributed by atoms with Crippen molar-refractivity contribution in [2.24, 2.45) is 0 Å². The second-order valence-corrected chi connectivity index (χ2v) is 9.93. The Kier molecular flexibility index (Phi) is 5.19. The molecule has 11 heteroatoms. The van der Waals surface area contributed by atoms with E-state index in [1.54, 1.807) is 12.1 Å². The molecular weight excluding hydrogens is 424 g/mol. The molecule has 0 bridgehead atoms. The van der Waals surface area contributed by atoms with Gasteiger partial charge in [-0.1, -0.05) is 34.9 Å². The Morgan fingerprint density at radius 2 is 2.00 bits per heavy atom. The third-order valence-corrected chi connectivity index (χ3v) is 7.90. The number of nitrogens with one attached hydrogen (secondary N) is 1. The highest BCUT2D eigenvalue weighted by atomic mass is 35.5. The molecule has 4 rings (SSSR count). The number of hydrogen-bond acceptors (Lipinski definition) is 7. The molecule has 0 radical (unpaired) electrons. The summed E-state index contributed by atoms with van der Waals surface area (Å²) in [6, 6.07) is 11.2. The number of thiophene rings is 1. The molecule has 2 aromatic heterocycles. The fourth-order valence-corrected chi connectivity index (χ4v) is 6.27. The van der Waals surface area contributed by atoms with Crippen molar-refractivity contribution in [3.05, 3.63) is 46.8 Å². The Bertz CT molecular complexity index is 1100. The van der Waals surface area contributed by atoms with Crippen molar-refractivity contribution >= 4 is 44.9 Å². The number of benzene rings is 1. The van der Waals surface area contributed by atoms with Crippen molar-refractivity contribution in [1.82, 2.24) is 14.5 Å². The second kappa shape index (κ2) is 7.63. The third-order valence-electron chi connectivity index (χ3n) is 4.29. The van der Waals surface area contributed by atoms with Gasteiger partial charge in [0.2, 0.25) is 11.8 Å². The molecule has 1 amide bonds. The SMILES string of the molecule is O=C(Nc1nnc(-c2ccccc2)o1)C1CCCN1S(=O)(=O)c1ccc(Cl)s1. The largest absolute Gasteiger partial charge is 0.403 e. The first-order valence-electron chi connectivity index (χ1n) is 8.42. The molecule has 1 saturated heterocycles. The van der Waals surface area contributed by atoms with Crippen molar-refractivity contribution in [1.29, 1.82) is 0 Å². The van der Waals surface area contributed by atoms with Crippen LogP contribution in [0.15, 0.2) is 51.1 Å². The fraction of sp³-hybridized carbons (Fsp3) is 0.235. The maximum Gasteiger partial charge on any atom is 0.322 e. The highest BCUT2D eigenvalue weighted by Crippen LogP contribution is 2.32. The zero-order chi connectivity index (χ0) is 19.7. The van der Waals surface area contributed by atoms with Crippen molar-refractivity contribution < 1.29 is 17.6 Å². The van der Waals surface area contributed by atoms with E-state index in [0.717, 1.165) is 16.9 Å². The molecule has 3 aromatic rings. The second-order valence-electron chi connectivity index (χ2n) is 6.10. The van der Waals surface area contributed by atoms with E-state index in [-0.39, 0.29) is 22.7 Å². The van der Waals surface area contributed by atoms with Crippen molar-refractivity contribution in [2.45, 2.75) is 23.1 Å². The summed E-state index contributed by atoms with van der Waals surface area (Å²) < 4.78 is 32.9. The number of nitrogens with zero attached hydrogens (tertiary/aromatic N) is 3. The molecule has 1 aliphatic rings. The van der Waals surface area contributed by atoms with E-state index in [2.05, 4.69) is 15.5 Å². The number of amides is 1. The molecule has 1 unspecified atom stereocenters. The molecule has 3 heterocycles. The van der Waals surface area contributed by atoms with Crippen LogP contribution in [0.4, 0.5) is 6.01 Å².